The maximum Gasteiger partial charge on any atom is 0.261 e. The monoisotopic (exact) mass is 321 g/mol. The molecule has 1 aromatic carbocycles. The van der Waals surface area contributed by atoms with E-state index in [1.807, 2.05) is 0 Å². The van der Waals surface area contributed by atoms with Gasteiger partial charge in [-0.05, 0) is 18.2 Å². The van der Waals surface area contributed by atoms with E-state index in [1.165, 1.54) is 38.5 Å². The van der Waals surface area contributed by atoms with E-state index in [4.69, 9.17) is 20.2 Å². The molecule has 0 aliphatic rings. The molecule has 0 heterocycles. The van der Waals surface area contributed by atoms with Crippen LogP contribution in [-0.2, 0) is 18.5 Å². The third-order valence-corrected chi connectivity index (χ3v) is 3.91. The average Bonchev–Trinajstić information content (AvgIpc) is 2.42. The number of hydrogen-bond acceptors (Lipinski definition) is 5. The molecule has 0 aliphatic heterocycles. The van der Waals surface area contributed by atoms with Crippen LogP contribution >= 0.6 is 10.7 Å². The molecule has 0 radical (unpaired) electrons. The zero-order chi connectivity index (χ0) is 15.2. The van der Waals surface area contributed by atoms with E-state index >= 15 is 0 Å². The van der Waals surface area contributed by atoms with E-state index in [-0.39, 0.29) is 23.1 Å². The summed E-state index contributed by atoms with van der Waals surface area (Å²) in [6.07, 6.45) is -0.274. The van der Waals surface area contributed by atoms with Gasteiger partial charge in [-0.3, -0.25) is 4.79 Å². The Morgan fingerprint density at radius 1 is 1.40 bits per heavy atom. The van der Waals surface area contributed by atoms with Crippen LogP contribution in [0.5, 0.6) is 0 Å². The van der Waals surface area contributed by atoms with Gasteiger partial charge in [0.05, 0.1) is 17.6 Å². The predicted molar refractivity (Wildman–Crippen MR) is 74.5 cm³/mol. The summed E-state index contributed by atoms with van der Waals surface area (Å²) in [5, 5.41) is 2.63. The zero-order valence-corrected chi connectivity index (χ0v) is 12.7. The molecular weight excluding hydrogens is 306 g/mol. The molecule has 112 valence electrons. The summed E-state index contributed by atoms with van der Waals surface area (Å²) in [5.41, 5.74) is 0.207. The number of ether oxygens (including phenoxy) is 2. The molecule has 0 spiro atoms. The van der Waals surface area contributed by atoms with Gasteiger partial charge in [-0.1, -0.05) is 6.07 Å². The molecule has 0 saturated carbocycles. The van der Waals surface area contributed by atoms with E-state index in [9.17, 15) is 13.2 Å². The normalized spacial score (nSPS) is 12.9. The SMILES string of the molecule is COCC(CNC(=O)c1cccc(S(=O)(=O)Cl)c1)OC. The van der Waals surface area contributed by atoms with Crippen LogP contribution < -0.4 is 5.32 Å². The second-order valence-corrected chi connectivity index (χ2v) is 6.55. The molecule has 1 rings (SSSR count). The zero-order valence-electron chi connectivity index (χ0n) is 11.1. The van der Waals surface area contributed by atoms with Crippen molar-refractivity contribution in [2.45, 2.75) is 11.0 Å². The highest BCUT2D eigenvalue weighted by atomic mass is 35.7. The van der Waals surface area contributed by atoms with Crippen molar-refractivity contribution in [3.63, 3.8) is 0 Å². The van der Waals surface area contributed by atoms with Gasteiger partial charge in [0.1, 0.15) is 0 Å². The number of rotatable bonds is 7. The lowest BCUT2D eigenvalue weighted by Gasteiger charge is -2.15. The van der Waals surface area contributed by atoms with Gasteiger partial charge in [0, 0.05) is 37.0 Å². The van der Waals surface area contributed by atoms with E-state index < -0.39 is 15.0 Å². The molecule has 0 aliphatic carbocycles. The van der Waals surface area contributed by atoms with Crippen LogP contribution in [0.4, 0.5) is 0 Å². The van der Waals surface area contributed by atoms with Crippen LogP contribution in [0.15, 0.2) is 29.2 Å². The minimum absolute atomic E-state index is 0.119. The fourth-order valence-corrected chi connectivity index (χ4v) is 2.29. The Hall–Kier alpha value is -1.15. The standard InChI is InChI=1S/C12H16ClNO5S/c1-18-8-10(19-2)7-14-12(15)9-4-3-5-11(6-9)20(13,16)17/h3-6,10H,7-8H2,1-2H3,(H,14,15). The lowest BCUT2D eigenvalue weighted by molar-refractivity contribution is 0.0285. The van der Waals surface area contributed by atoms with E-state index in [2.05, 4.69) is 5.32 Å². The van der Waals surface area contributed by atoms with E-state index in [1.54, 1.807) is 0 Å². The van der Waals surface area contributed by atoms with Crippen LogP contribution in [0, 0.1) is 0 Å². The quantitative estimate of drug-likeness (QED) is 0.758. The molecule has 1 unspecified atom stereocenters. The second-order valence-electron chi connectivity index (χ2n) is 3.99. The van der Waals surface area contributed by atoms with Crippen LogP contribution in [0.25, 0.3) is 0 Å². The first-order chi connectivity index (χ1) is 9.38. The van der Waals surface area contributed by atoms with Crippen molar-refractivity contribution in [2.24, 2.45) is 0 Å². The number of benzene rings is 1. The lowest BCUT2D eigenvalue weighted by Crippen LogP contribution is -2.35. The van der Waals surface area contributed by atoms with Crippen LogP contribution in [0.1, 0.15) is 10.4 Å². The summed E-state index contributed by atoms with van der Waals surface area (Å²) in [5.74, 6) is -0.412. The minimum Gasteiger partial charge on any atom is -0.382 e. The first-order valence-electron chi connectivity index (χ1n) is 5.73. The highest BCUT2D eigenvalue weighted by Crippen LogP contribution is 2.16. The fourth-order valence-electron chi connectivity index (χ4n) is 1.49. The molecule has 0 fully saturated rings. The molecule has 0 aromatic heterocycles. The summed E-state index contributed by atoms with van der Waals surface area (Å²) >= 11 is 0. The fraction of sp³-hybridized carbons (Fsp3) is 0.417. The number of carbonyl (C=O) groups is 1. The van der Waals surface area contributed by atoms with Crippen LogP contribution in [0.2, 0.25) is 0 Å². The first kappa shape index (κ1) is 16.9. The second kappa shape index (κ2) is 7.58. The highest BCUT2D eigenvalue weighted by molar-refractivity contribution is 8.13. The minimum atomic E-state index is -3.86. The maximum atomic E-state index is 11.9. The molecular formula is C12H16ClNO5S. The van der Waals surface area contributed by atoms with Gasteiger partial charge in [-0.2, -0.15) is 0 Å². The maximum absolute atomic E-state index is 11.9. The molecule has 1 atom stereocenters. The van der Waals surface area contributed by atoms with Crippen molar-refractivity contribution in [3.8, 4) is 0 Å². The van der Waals surface area contributed by atoms with Gasteiger partial charge < -0.3 is 14.8 Å². The summed E-state index contributed by atoms with van der Waals surface area (Å²) in [4.78, 5) is 11.8. The average molecular weight is 322 g/mol. The number of amides is 1. The van der Waals surface area contributed by atoms with Crippen LogP contribution in [-0.4, -0.2) is 47.8 Å². The Bertz CT molecular complexity index is 561. The highest BCUT2D eigenvalue weighted by Gasteiger charge is 2.14. The van der Waals surface area contributed by atoms with Crippen molar-refractivity contribution >= 4 is 25.6 Å². The first-order valence-corrected chi connectivity index (χ1v) is 8.04. The van der Waals surface area contributed by atoms with Crippen molar-refractivity contribution < 1.29 is 22.7 Å². The van der Waals surface area contributed by atoms with E-state index in [0.29, 0.717) is 6.61 Å². The molecule has 0 bridgehead atoms. The van der Waals surface area contributed by atoms with Gasteiger partial charge in [-0.25, -0.2) is 8.42 Å². The molecule has 0 saturated heterocycles. The Balaban J connectivity index is 2.73. The number of carbonyl (C=O) groups excluding carboxylic acids is 1. The topological polar surface area (TPSA) is 81.7 Å². The summed E-state index contributed by atoms with van der Waals surface area (Å²) in [6, 6.07) is 5.49. The van der Waals surface area contributed by atoms with Gasteiger partial charge in [0.2, 0.25) is 0 Å². The number of nitrogens with one attached hydrogen (secondary N) is 1. The van der Waals surface area contributed by atoms with Crippen LogP contribution in [0.3, 0.4) is 0 Å². The van der Waals surface area contributed by atoms with Crippen molar-refractivity contribution in [3.05, 3.63) is 29.8 Å². The Labute approximate surface area is 122 Å². The lowest BCUT2D eigenvalue weighted by atomic mass is 10.2. The molecule has 20 heavy (non-hydrogen) atoms. The van der Waals surface area contributed by atoms with Crippen molar-refractivity contribution in [2.75, 3.05) is 27.4 Å². The molecule has 8 heteroatoms. The van der Waals surface area contributed by atoms with Gasteiger partial charge in [0.15, 0.2) is 0 Å². The summed E-state index contributed by atoms with van der Waals surface area (Å²) in [7, 11) is 4.42. The molecule has 1 aromatic rings. The van der Waals surface area contributed by atoms with Crippen molar-refractivity contribution in [1.29, 1.82) is 0 Å². The Kier molecular flexibility index (Phi) is 6.41. The predicted octanol–water partition coefficient (Wildman–Crippen LogP) is 1.01. The third kappa shape index (κ3) is 5.09. The third-order valence-electron chi connectivity index (χ3n) is 2.55. The van der Waals surface area contributed by atoms with Gasteiger partial charge >= 0.3 is 0 Å². The number of methoxy groups -OCH3 is 2. The molecule has 1 N–H and O–H groups in total. The Morgan fingerprint density at radius 2 is 2.10 bits per heavy atom. The van der Waals surface area contributed by atoms with E-state index in [0.717, 1.165) is 0 Å². The Morgan fingerprint density at radius 3 is 2.65 bits per heavy atom. The summed E-state index contributed by atoms with van der Waals surface area (Å²) < 4.78 is 32.4. The van der Waals surface area contributed by atoms with Crippen molar-refractivity contribution in [1.82, 2.24) is 5.32 Å². The molecule has 6 nitrogen and oxygen atoms in total. The smallest absolute Gasteiger partial charge is 0.261 e. The number of halogens is 1. The number of hydrogen-bond donors (Lipinski definition) is 1. The largest absolute Gasteiger partial charge is 0.382 e. The van der Waals surface area contributed by atoms with Gasteiger partial charge in [-0.15, -0.1) is 0 Å². The van der Waals surface area contributed by atoms with Gasteiger partial charge in [0.25, 0.3) is 15.0 Å². The summed E-state index contributed by atoms with van der Waals surface area (Å²) in [6.45, 7) is 0.591. The molecule has 1 amide bonds.